The Morgan fingerprint density at radius 1 is 1.15 bits per heavy atom. The van der Waals surface area contributed by atoms with E-state index in [1.54, 1.807) is 4.90 Å². The van der Waals surface area contributed by atoms with Crippen LogP contribution in [0.25, 0.3) is 11.0 Å². The number of imidazole rings is 1. The smallest absolute Gasteiger partial charge is 0.410 e. The quantitative estimate of drug-likeness (QED) is 0.784. The molecule has 0 bridgehead atoms. The molecule has 1 atom stereocenters. The molecule has 0 spiro atoms. The predicted octanol–water partition coefficient (Wildman–Crippen LogP) is 3.11. The van der Waals surface area contributed by atoms with E-state index in [1.165, 1.54) is 0 Å². The molecular formula is C20H21N3O3. The number of nitrogens with zero attached hydrogens (tertiary/aromatic N) is 3. The van der Waals surface area contributed by atoms with Gasteiger partial charge in [0.1, 0.15) is 19.0 Å². The lowest BCUT2D eigenvalue weighted by Crippen LogP contribution is -2.29. The molecule has 3 aromatic rings. The number of carbonyl (C=O) groups excluding carboxylic acids is 1. The molecule has 2 heterocycles. The normalized spacial score (nSPS) is 17.0. The first kappa shape index (κ1) is 16.6. The lowest BCUT2D eigenvalue weighted by Gasteiger charge is -2.18. The highest BCUT2D eigenvalue weighted by molar-refractivity contribution is 5.76. The van der Waals surface area contributed by atoms with Gasteiger partial charge >= 0.3 is 6.09 Å². The van der Waals surface area contributed by atoms with Crippen LogP contribution >= 0.6 is 0 Å². The number of amides is 1. The van der Waals surface area contributed by atoms with Gasteiger partial charge in [-0.25, -0.2) is 9.78 Å². The zero-order valence-corrected chi connectivity index (χ0v) is 14.4. The van der Waals surface area contributed by atoms with Gasteiger partial charge in [-0.2, -0.15) is 0 Å². The molecule has 0 saturated carbocycles. The minimum Gasteiger partial charge on any atom is -0.445 e. The third kappa shape index (κ3) is 3.15. The summed E-state index contributed by atoms with van der Waals surface area (Å²) in [5, 5.41) is 9.68. The summed E-state index contributed by atoms with van der Waals surface area (Å²) in [6.45, 7) is 1.34. The van der Waals surface area contributed by atoms with Crippen LogP contribution in [0, 0.1) is 0 Å². The third-order valence-corrected chi connectivity index (χ3v) is 4.80. The first-order chi connectivity index (χ1) is 12.8. The Hall–Kier alpha value is -2.86. The number of rotatable bonds is 4. The van der Waals surface area contributed by atoms with Crippen molar-refractivity contribution >= 4 is 17.1 Å². The lowest BCUT2D eigenvalue weighted by atomic mass is 10.2. The molecule has 1 saturated heterocycles. The van der Waals surface area contributed by atoms with Crippen molar-refractivity contribution in [1.29, 1.82) is 0 Å². The van der Waals surface area contributed by atoms with E-state index in [4.69, 9.17) is 4.74 Å². The molecule has 2 aromatic carbocycles. The second-order valence-corrected chi connectivity index (χ2v) is 6.47. The Balaban J connectivity index is 1.46. The van der Waals surface area contributed by atoms with Gasteiger partial charge in [-0.05, 0) is 24.1 Å². The Labute approximate surface area is 151 Å². The molecule has 134 valence electrons. The first-order valence-corrected chi connectivity index (χ1v) is 8.78. The number of hydrogen-bond donors (Lipinski definition) is 1. The molecule has 4 rings (SSSR count). The van der Waals surface area contributed by atoms with Crippen molar-refractivity contribution in [3.05, 3.63) is 66.0 Å². The molecule has 6 nitrogen and oxygen atoms in total. The highest BCUT2D eigenvalue weighted by Crippen LogP contribution is 2.28. The van der Waals surface area contributed by atoms with Crippen molar-refractivity contribution in [1.82, 2.24) is 14.5 Å². The van der Waals surface area contributed by atoms with Crippen molar-refractivity contribution < 1.29 is 14.6 Å². The summed E-state index contributed by atoms with van der Waals surface area (Å²) in [6.07, 6.45) is 0.514. The zero-order valence-electron chi connectivity index (χ0n) is 14.4. The number of fused-ring (bicyclic) bond motifs is 1. The van der Waals surface area contributed by atoms with Crippen LogP contribution in [-0.4, -0.2) is 38.7 Å². The van der Waals surface area contributed by atoms with E-state index < -0.39 is 0 Å². The number of likely N-dealkylation sites (tertiary alicyclic amines) is 1. The molecule has 1 unspecified atom stereocenters. The van der Waals surface area contributed by atoms with Gasteiger partial charge in [0.15, 0.2) is 0 Å². The number of aromatic nitrogens is 2. The van der Waals surface area contributed by atoms with Crippen LogP contribution < -0.4 is 0 Å². The fourth-order valence-electron chi connectivity index (χ4n) is 3.54. The molecule has 6 heteroatoms. The largest absolute Gasteiger partial charge is 0.445 e. The van der Waals surface area contributed by atoms with E-state index in [2.05, 4.69) is 9.55 Å². The zero-order chi connectivity index (χ0) is 17.9. The number of para-hydroxylation sites is 2. The van der Waals surface area contributed by atoms with E-state index in [0.717, 1.165) is 23.0 Å². The molecule has 1 aliphatic heterocycles. The van der Waals surface area contributed by atoms with Gasteiger partial charge in [0.2, 0.25) is 0 Å². The summed E-state index contributed by atoms with van der Waals surface area (Å²) in [5.74, 6) is 0.635. The molecule has 1 amide bonds. The number of hydrogen-bond acceptors (Lipinski definition) is 4. The fraction of sp³-hybridized carbons (Fsp3) is 0.300. The maximum absolute atomic E-state index is 12.4. The monoisotopic (exact) mass is 351 g/mol. The summed E-state index contributed by atoms with van der Waals surface area (Å²) in [5.41, 5.74) is 2.82. The van der Waals surface area contributed by atoms with Crippen molar-refractivity contribution in [2.45, 2.75) is 25.7 Å². The minimum absolute atomic E-state index is 0.0915. The highest BCUT2D eigenvalue weighted by atomic mass is 16.6. The lowest BCUT2D eigenvalue weighted by molar-refractivity contribution is 0.103. The molecule has 0 radical (unpaired) electrons. The number of ether oxygens (including phenoxy) is 1. The topological polar surface area (TPSA) is 67.6 Å². The average molecular weight is 351 g/mol. The van der Waals surface area contributed by atoms with Crippen LogP contribution in [-0.2, 0) is 18.0 Å². The van der Waals surface area contributed by atoms with Gasteiger partial charge in [-0.1, -0.05) is 42.5 Å². The summed E-state index contributed by atoms with van der Waals surface area (Å²) in [7, 11) is 0. The van der Waals surface area contributed by atoms with E-state index >= 15 is 0 Å². The van der Waals surface area contributed by atoms with Crippen LogP contribution in [0.1, 0.15) is 23.9 Å². The van der Waals surface area contributed by atoms with Crippen molar-refractivity contribution in [3.63, 3.8) is 0 Å². The van der Waals surface area contributed by atoms with Crippen LogP contribution in [0.15, 0.2) is 54.6 Å². The summed E-state index contributed by atoms with van der Waals surface area (Å²) in [6, 6.07) is 17.6. The fourth-order valence-corrected chi connectivity index (χ4v) is 3.54. The van der Waals surface area contributed by atoms with Crippen LogP contribution in [0.4, 0.5) is 4.79 Å². The Morgan fingerprint density at radius 3 is 2.73 bits per heavy atom. The molecule has 0 aliphatic carbocycles. The Kier molecular flexibility index (Phi) is 4.58. The van der Waals surface area contributed by atoms with Gasteiger partial charge in [-0.15, -0.1) is 0 Å². The van der Waals surface area contributed by atoms with Gasteiger partial charge in [0.25, 0.3) is 0 Å². The van der Waals surface area contributed by atoms with Crippen molar-refractivity contribution in [2.24, 2.45) is 0 Å². The van der Waals surface area contributed by atoms with E-state index in [9.17, 15) is 9.90 Å². The first-order valence-electron chi connectivity index (χ1n) is 8.78. The highest BCUT2D eigenvalue weighted by Gasteiger charge is 2.30. The predicted molar refractivity (Wildman–Crippen MR) is 97.5 cm³/mol. The maximum Gasteiger partial charge on any atom is 0.410 e. The summed E-state index contributed by atoms with van der Waals surface area (Å²) < 4.78 is 7.49. The molecular weight excluding hydrogens is 330 g/mol. The molecule has 1 fully saturated rings. The van der Waals surface area contributed by atoms with E-state index in [-0.39, 0.29) is 25.3 Å². The number of carbonyl (C=O) groups is 1. The van der Waals surface area contributed by atoms with Crippen molar-refractivity contribution in [2.75, 3.05) is 13.1 Å². The third-order valence-electron chi connectivity index (χ3n) is 4.80. The number of aliphatic hydroxyl groups excluding tert-OH is 1. The van der Waals surface area contributed by atoms with E-state index in [0.29, 0.717) is 18.9 Å². The molecule has 1 N–H and O–H groups in total. The van der Waals surface area contributed by atoms with Gasteiger partial charge in [0.05, 0.1) is 17.1 Å². The Morgan fingerprint density at radius 2 is 1.92 bits per heavy atom. The van der Waals surface area contributed by atoms with Crippen molar-refractivity contribution in [3.8, 4) is 0 Å². The second-order valence-electron chi connectivity index (χ2n) is 6.47. The van der Waals surface area contributed by atoms with Gasteiger partial charge in [-0.3, -0.25) is 0 Å². The van der Waals surface area contributed by atoms with E-state index in [1.807, 2.05) is 54.6 Å². The standard InChI is InChI=1S/C20H21N3O3/c24-13-19-21-17-8-4-5-9-18(17)23(19)16-10-11-22(12-16)20(25)26-14-15-6-2-1-3-7-15/h1-9,16,24H,10-14H2. The van der Waals surface area contributed by atoms with Gasteiger partial charge < -0.3 is 19.3 Å². The number of benzene rings is 2. The molecule has 1 aromatic heterocycles. The van der Waals surface area contributed by atoms with Crippen LogP contribution in [0.2, 0.25) is 0 Å². The average Bonchev–Trinajstić information content (AvgIpc) is 3.31. The second kappa shape index (κ2) is 7.17. The summed E-state index contributed by atoms with van der Waals surface area (Å²) >= 11 is 0. The Bertz CT molecular complexity index is 907. The SMILES string of the molecule is O=C(OCc1ccccc1)N1CCC(n2c(CO)nc3ccccc32)C1. The molecule has 26 heavy (non-hydrogen) atoms. The minimum atomic E-state index is -0.300. The number of aliphatic hydroxyl groups is 1. The van der Waals surface area contributed by atoms with Crippen LogP contribution in [0.3, 0.4) is 0 Å². The summed E-state index contributed by atoms with van der Waals surface area (Å²) in [4.78, 5) is 18.6. The van der Waals surface area contributed by atoms with Crippen LogP contribution in [0.5, 0.6) is 0 Å². The van der Waals surface area contributed by atoms with Gasteiger partial charge in [0, 0.05) is 13.1 Å². The molecule has 1 aliphatic rings. The maximum atomic E-state index is 12.4.